The van der Waals surface area contributed by atoms with Crippen LogP contribution in [0.3, 0.4) is 0 Å². The van der Waals surface area contributed by atoms with Crippen LogP contribution in [-0.2, 0) is 14.8 Å². The third-order valence-corrected chi connectivity index (χ3v) is 5.95. The highest BCUT2D eigenvalue weighted by Gasteiger charge is 2.40. The lowest BCUT2D eigenvalue weighted by atomic mass is 10.2. The van der Waals surface area contributed by atoms with Gasteiger partial charge in [0.05, 0.1) is 12.2 Å². The Kier molecular flexibility index (Phi) is 5.46. The Morgan fingerprint density at radius 3 is 2.67 bits per heavy atom. The van der Waals surface area contributed by atoms with Gasteiger partial charge in [-0.25, -0.2) is 12.7 Å². The second-order valence-electron chi connectivity index (χ2n) is 5.99. The van der Waals surface area contributed by atoms with Gasteiger partial charge in [-0.2, -0.15) is 0 Å². The van der Waals surface area contributed by atoms with Gasteiger partial charge in [0.25, 0.3) is 15.9 Å². The van der Waals surface area contributed by atoms with Crippen molar-refractivity contribution >= 4 is 27.5 Å². The molecule has 2 amide bonds. The number of carbonyl (C=O) groups is 2. The first kappa shape index (κ1) is 18.9. The maximum absolute atomic E-state index is 12.5. The Morgan fingerprint density at radius 2 is 1.93 bits per heavy atom. The van der Waals surface area contributed by atoms with Crippen molar-refractivity contribution in [1.82, 2.24) is 4.31 Å². The van der Waals surface area contributed by atoms with Gasteiger partial charge in [0.1, 0.15) is 10.6 Å². The van der Waals surface area contributed by atoms with E-state index in [4.69, 9.17) is 4.74 Å². The van der Waals surface area contributed by atoms with Gasteiger partial charge in [-0.3, -0.25) is 9.59 Å². The number of benzene rings is 2. The molecule has 0 spiro atoms. The molecule has 2 aromatic carbocycles. The molecule has 0 radical (unpaired) electrons. The lowest BCUT2D eigenvalue weighted by molar-refractivity contribution is -0.116. The summed E-state index contributed by atoms with van der Waals surface area (Å²) in [7, 11) is -3.83. The van der Waals surface area contributed by atoms with Crippen molar-refractivity contribution in [3.8, 4) is 5.75 Å². The zero-order chi connectivity index (χ0) is 19.4. The number of ether oxygens (including phenoxy) is 1. The van der Waals surface area contributed by atoms with E-state index in [1.807, 2.05) is 6.92 Å². The molecule has 0 aliphatic carbocycles. The summed E-state index contributed by atoms with van der Waals surface area (Å²) in [5.74, 6) is -0.151. The Morgan fingerprint density at radius 1 is 1.15 bits per heavy atom. The quantitative estimate of drug-likeness (QED) is 0.787. The van der Waals surface area contributed by atoms with Gasteiger partial charge in [-0.15, -0.1) is 0 Å². The molecule has 0 bridgehead atoms. The standard InChI is InChI=1S/C19H20N2O5S/c1-2-26-15-8-5-7-14(13-15)20-18(22)11-6-12-21-19(23)16-9-3-4-10-17(16)27(21,24)25/h3-5,7-10,13H,2,6,11-12H2,1H3,(H,20,22). The van der Waals surface area contributed by atoms with Crippen LogP contribution in [-0.4, -0.2) is 37.7 Å². The lowest BCUT2D eigenvalue weighted by Gasteiger charge is -2.14. The molecule has 0 fully saturated rings. The number of nitrogens with zero attached hydrogens (tertiary/aromatic N) is 1. The molecule has 0 saturated heterocycles. The molecule has 0 saturated carbocycles. The number of nitrogens with one attached hydrogen (secondary N) is 1. The average Bonchev–Trinajstić information content (AvgIpc) is 2.83. The van der Waals surface area contributed by atoms with E-state index in [0.29, 0.717) is 18.0 Å². The van der Waals surface area contributed by atoms with E-state index < -0.39 is 15.9 Å². The van der Waals surface area contributed by atoms with E-state index in [-0.39, 0.29) is 35.8 Å². The van der Waals surface area contributed by atoms with Crippen molar-refractivity contribution < 1.29 is 22.7 Å². The fourth-order valence-electron chi connectivity index (χ4n) is 2.89. The van der Waals surface area contributed by atoms with Crippen LogP contribution in [0.15, 0.2) is 53.4 Å². The Hall–Kier alpha value is -2.87. The molecule has 1 heterocycles. The van der Waals surface area contributed by atoms with Gasteiger partial charge in [0.15, 0.2) is 0 Å². The zero-order valence-electron chi connectivity index (χ0n) is 14.8. The minimum atomic E-state index is -3.83. The van der Waals surface area contributed by atoms with Gasteiger partial charge >= 0.3 is 0 Å². The van der Waals surface area contributed by atoms with Crippen LogP contribution >= 0.6 is 0 Å². The second kappa shape index (κ2) is 7.79. The molecular weight excluding hydrogens is 368 g/mol. The molecule has 3 rings (SSSR count). The van der Waals surface area contributed by atoms with Crippen molar-refractivity contribution in [3.05, 3.63) is 54.1 Å². The second-order valence-corrected chi connectivity index (χ2v) is 7.82. The third kappa shape index (κ3) is 3.95. The maximum atomic E-state index is 12.5. The fourth-order valence-corrected chi connectivity index (χ4v) is 4.50. The summed E-state index contributed by atoms with van der Waals surface area (Å²) < 4.78 is 31.1. The number of carbonyl (C=O) groups excluding carboxylic acids is 2. The first-order valence-corrected chi connectivity index (χ1v) is 10.1. The molecule has 1 aliphatic rings. The van der Waals surface area contributed by atoms with E-state index >= 15 is 0 Å². The largest absolute Gasteiger partial charge is 0.494 e. The van der Waals surface area contributed by atoms with Gasteiger partial charge in [-0.05, 0) is 37.6 Å². The summed E-state index contributed by atoms with van der Waals surface area (Å²) in [6.07, 6.45) is 0.324. The Balaban J connectivity index is 1.57. The molecule has 1 N–H and O–H groups in total. The summed E-state index contributed by atoms with van der Waals surface area (Å²) in [6.45, 7) is 2.36. The minimum Gasteiger partial charge on any atom is -0.494 e. The van der Waals surface area contributed by atoms with Crippen molar-refractivity contribution in [2.75, 3.05) is 18.5 Å². The van der Waals surface area contributed by atoms with Crippen LogP contribution in [0, 0.1) is 0 Å². The summed E-state index contributed by atoms with van der Waals surface area (Å²) in [5, 5.41) is 2.74. The van der Waals surface area contributed by atoms with E-state index in [1.165, 1.54) is 12.1 Å². The maximum Gasteiger partial charge on any atom is 0.269 e. The summed E-state index contributed by atoms with van der Waals surface area (Å²) in [5.41, 5.74) is 0.776. The lowest BCUT2D eigenvalue weighted by Crippen LogP contribution is -2.31. The van der Waals surface area contributed by atoms with Crippen LogP contribution in [0.25, 0.3) is 0 Å². The molecule has 2 aromatic rings. The third-order valence-electron chi connectivity index (χ3n) is 4.11. The van der Waals surface area contributed by atoms with Crippen LogP contribution in [0.5, 0.6) is 5.75 Å². The molecule has 0 unspecified atom stereocenters. The van der Waals surface area contributed by atoms with E-state index in [0.717, 1.165) is 4.31 Å². The van der Waals surface area contributed by atoms with Crippen LogP contribution in [0.2, 0.25) is 0 Å². The Bertz CT molecular complexity index is 972. The van der Waals surface area contributed by atoms with Crippen molar-refractivity contribution in [2.45, 2.75) is 24.7 Å². The molecule has 27 heavy (non-hydrogen) atoms. The number of fused-ring (bicyclic) bond motifs is 1. The molecule has 0 atom stereocenters. The molecule has 8 heteroatoms. The SMILES string of the molecule is CCOc1cccc(NC(=O)CCCN2C(=O)c3ccccc3S2(=O)=O)c1. The van der Waals surface area contributed by atoms with Crippen molar-refractivity contribution in [1.29, 1.82) is 0 Å². The van der Waals surface area contributed by atoms with Gasteiger partial charge < -0.3 is 10.1 Å². The van der Waals surface area contributed by atoms with Crippen LogP contribution in [0.1, 0.15) is 30.1 Å². The fraction of sp³-hybridized carbons (Fsp3) is 0.263. The van der Waals surface area contributed by atoms with Crippen molar-refractivity contribution in [3.63, 3.8) is 0 Å². The minimum absolute atomic E-state index is 0.0205. The smallest absolute Gasteiger partial charge is 0.269 e. The van der Waals surface area contributed by atoms with Crippen molar-refractivity contribution in [2.24, 2.45) is 0 Å². The number of rotatable bonds is 7. The highest BCUT2D eigenvalue weighted by atomic mass is 32.2. The van der Waals surface area contributed by atoms with E-state index in [2.05, 4.69) is 5.32 Å². The molecule has 142 valence electrons. The van der Waals surface area contributed by atoms with E-state index in [1.54, 1.807) is 36.4 Å². The highest BCUT2D eigenvalue weighted by molar-refractivity contribution is 7.90. The number of sulfonamides is 1. The summed E-state index contributed by atoms with van der Waals surface area (Å²) in [6, 6.07) is 13.1. The van der Waals surface area contributed by atoms with Gasteiger partial charge in [-0.1, -0.05) is 18.2 Å². The molecule has 1 aliphatic heterocycles. The van der Waals surface area contributed by atoms with Gasteiger partial charge in [0.2, 0.25) is 5.91 Å². The molecular formula is C19H20N2O5S. The topological polar surface area (TPSA) is 92.8 Å². The monoisotopic (exact) mass is 388 g/mol. The highest BCUT2D eigenvalue weighted by Crippen LogP contribution is 2.30. The summed E-state index contributed by atoms with van der Waals surface area (Å²) in [4.78, 5) is 24.4. The van der Waals surface area contributed by atoms with Gasteiger partial charge in [0, 0.05) is 24.7 Å². The van der Waals surface area contributed by atoms with Crippen LogP contribution in [0.4, 0.5) is 5.69 Å². The first-order valence-electron chi connectivity index (χ1n) is 8.62. The number of hydrogen-bond acceptors (Lipinski definition) is 5. The number of anilines is 1. The number of hydrogen-bond donors (Lipinski definition) is 1. The number of amides is 2. The first-order chi connectivity index (χ1) is 12.9. The van der Waals surface area contributed by atoms with E-state index in [9.17, 15) is 18.0 Å². The zero-order valence-corrected chi connectivity index (χ0v) is 15.7. The predicted octanol–water partition coefficient (Wildman–Crippen LogP) is 2.65. The Labute approximate surface area is 158 Å². The average molecular weight is 388 g/mol. The normalized spacial score (nSPS) is 14.7. The molecule has 7 nitrogen and oxygen atoms in total. The predicted molar refractivity (Wildman–Crippen MR) is 100 cm³/mol. The summed E-state index contributed by atoms with van der Waals surface area (Å²) >= 11 is 0. The van der Waals surface area contributed by atoms with Crippen LogP contribution < -0.4 is 10.1 Å². The molecule has 0 aromatic heterocycles.